The van der Waals surface area contributed by atoms with Crippen molar-refractivity contribution in [3.63, 3.8) is 0 Å². The zero-order valence-corrected chi connectivity index (χ0v) is 16.7. The van der Waals surface area contributed by atoms with Gasteiger partial charge in [-0.3, -0.25) is 4.79 Å². The monoisotopic (exact) mass is 450 g/mol. The predicted molar refractivity (Wildman–Crippen MR) is 107 cm³/mol. The molecule has 0 spiro atoms. The van der Waals surface area contributed by atoms with Crippen LogP contribution in [0.3, 0.4) is 0 Å². The van der Waals surface area contributed by atoms with Gasteiger partial charge in [-0.25, -0.2) is 4.99 Å². The van der Waals surface area contributed by atoms with Gasteiger partial charge in [-0.05, 0) is 60.2 Å². The molecule has 1 saturated heterocycles. The Bertz CT molecular complexity index is 991. The summed E-state index contributed by atoms with van der Waals surface area (Å²) in [5.74, 6) is 1.14. The second kappa shape index (κ2) is 6.98. The predicted octanol–water partition coefficient (Wildman–Crippen LogP) is 5.03. The van der Waals surface area contributed by atoms with E-state index in [1.807, 2.05) is 37.3 Å². The molecule has 2 heterocycles. The first-order valence-electron chi connectivity index (χ1n) is 7.65. The number of hydrogen-bond acceptors (Lipinski definition) is 5. The molecule has 0 saturated carbocycles. The van der Waals surface area contributed by atoms with E-state index in [1.165, 1.54) is 11.8 Å². The number of fused-ring (bicyclic) bond motifs is 1. The maximum atomic E-state index is 12.3. The van der Waals surface area contributed by atoms with Crippen LogP contribution in [0.15, 0.2) is 44.7 Å². The van der Waals surface area contributed by atoms with Crippen molar-refractivity contribution in [2.75, 3.05) is 6.79 Å². The third-order valence-electron chi connectivity index (χ3n) is 3.89. The van der Waals surface area contributed by atoms with Crippen molar-refractivity contribution in [2.24, 2.45) is 4.99 Å². The summed E-state index contributed by atoms with van der Waals surface area (Å²) in [6, 6.07) is 9.16. The van der Waals surface area contributed by atoms with E-state index in [1.54, 1.807) is 6.08 Å². The minimum absolute atomic E-state index is 0.196. The second-order valence-corrected chi connectivity index (χ2v) is 7.88. The van der Waals surface area contributed by atoms with Crippen molar-refractivity contribution in [2.45, 2.75) is 6.92 Å². The Balaban J connectivity index is 1.63. The summed E-state index contributed by atoms with van der Waals surface area (Å²) in [5, 5.41) is 3.94. The number of halogens is 2. The molecule has 0 aromatic heterocycles. The van der Waals surface area contributed by atoms with E-state index >= 15 is 0 Å². The smallest absolute Gasteiger partial charge is 0.264 e. The zero-order chi connectivity index (χ0) is 18.3. The molecule has 5 nitrogen and oxygen atoms in total. The number of benzene rings is 2. The maximum Gasteiger partial charge on any atom is 0.264 e. The fraction of sp³-hybridized carbons (Fsp3) is 0.111. The molecule has 8 heteroatoms. The van der Waals surface area contributed by atoms with Gasteiger partial charge >= 0.3 is 0 Å². The van der Waals surface area contributed by atoms with Crippen LogP contribution in [-0.4, -0.2) is 17.9 Å². The zero-order valence-electron chi connectivity index (χ0n) is 13.5. The van der Waals surface area contributed by atoms with Gasteiger partial charge in [0.25, 0.3) is 5.91 Å². The lowest BCUT2D eigenvalue weighted by Crippen LogP contribution is -2.19. The summed E-state index contributed by atoms with van der Waals surface area (Å²) in [6.07, 6.45) is 1.79. The molecule has 1 fully saturated rings. The Morgan fingerprint density at radius 3 is 2.88 bits per heavy atom. The van der Waals surface area contributed by atoms with Gasteiger partial charge < -0.3 is 14.8 Å². The average Bonchev–Trinajstić information content (AvgIpc) is 3.18. The van der Waals surface area contributed by atoms with Crippen molar-refractivity contribution in [3.05, 3.63) is 55.9 Å². The SMILES string of the molecule is Cc1c(Cl)cccc1N=C1NC(=O)C(=Cc2cc3c(cc2Br)OCO3)S1. The van der Waals surface area contributed by atoms with Gasteiger partial charge in [-0.2, -0.15) is 0 Å². The van der Waals surface area contributed by atoms with Crippen LogP contribution in [0.1, 0.15) is 11.1 Å². The summed E-state index contributed by atoms with van der Waals surface area (Å²) < 4.78 is 11.6. The number of aliphatic imine (C=N–C) groups is 1. The molecular weight excluding hydrogens is 440 g/mol. The lowest BCUT2D eigenvalue weighted by Gasteiger charge is -2.03. The molecule has 0 aliphatic carbocycles. The normalized spacial score (nSPS) is 18.7. The summed E-state index contributed by atoms with van der Waals surface area (Å²) in [7, 11) is 0. The molecule has 1 amide bonds. The first kappa shape index (κ1) is 17.5. The first-order valence-corrected chi connectivity index (χ1v) is 9.64. The highest BCUT2D eigenvalue weighted by Gasteiger charge is 2.25. The highest BCUT2D eigenvalue weighted by Crippen LogP contribution is 2.39. The Morgan fingerprint density at radius 2 is 2.08 bits per heavy atom. The molecule has 0 atom stereocenters. The first-order chi connectivity index (χ1) is 12.5. The molecule has 4 rings (SSSR count). The molecule has 0 bridgehead atoms. The number of amidine groups is 1. The van der Waals surface area contributed by atoms with E-state index in [9.17, 15) is 4.79 Å². The van der Waals surface area contributed by atoms with Gasteiger partial charge in [0, 0.05) is 9.50 Å². The molecule has 2 aromatic rings. The van der Waals surface area contributed by atoms with Crippen LogP contribution in [0, 0.1) is 6.92 Å². The van der Waals surface area contributed by atoms with Crippen molar-refractivity contribution < 1.29 is 14.3 Å². The third kappa shape index (κ3) is 3.34. The highest BCUT2D eigenvalue weighted by atomic mass is 79.9. The van der Waals surface area contributed by atoms with E-state index in [0.717, 1.165) is 21.3 Å². The van der Waals surface area contributed by atoms with E-state index < -0.39 is 0 Å². The van der Waals surface area contributed by atoms with Gasteiger partial charge in [-0.1, -0.05) is 33.6 Å². The second-order valence-electron chi connectivity index (χ2n) is 5.59. The number of rotatable bonds is 2. The number of carbonyl (C=O) groups is 1. The van der Waals surface area contributed by atoms with Crippen molar-refractivity contribution in [1.82, 2.24) is 5.32 Å². The largest absolute Gasteiger partial charge is 0.454 e. The number of amides is 1. The number of hydrogen-bond donors (Lipinski definition) is 1. The van der Waals surface area contributed by atoms with E-state index in [-0.39, 0.29) is 12.7 Å². The topological polar surface area (TPSA) is 59.9 Å². The van der Waals surface area contributed by atoms with Crippen LogP contribution in [0.5, 0.6) is 11.5 Å². The Morgan fingerprint density at radius 1 is 1.31 bits per heavy atom. The quantitative estimate of drug-likeness (QED) is 0.651. The van der Waals surface area contributed by atoms with Gasteiger partial charge in [0.15, 0.2) is 16.7 Å². The van der Waals surface area contributed by atoms with Gasteiger partial charge in [0.2, 0.25) is 6.79 Å². The van der Waals surface area contributed by atoms with Crippen LogP contribution in [0.25, 0.3) is 6.08 Å². The molecule has 26 heavy (non-hydrogen) atoms. The summed E-state index contributed by atoms with van der Waals surface area (Å²) in [6.45, 7) is 2.09. The molecule has 2 aliphatic heterocycles. The Kier molecular flexibility index (Phi) is 4.69. The number of nitrogens with zero attached hydrogens (tertiary/aromatic N) is 1. The van der Waals surface area contributed by atoms with Gasteiger partial charge in [0.1, 0.15) is 0 Å². The van der Waals surface area contributed by atoms with Crippen LogP contribution in [0.4, 0.5) is 5.69 Å². The molecule has 0 unspecified atom stereocenters. The lowest BCUT2D eigenvalue weighted by molar-refractivity contribution is -0.115. The number of carbonyl (C=O) groups excluding carboxylic acids is 1. The molecule has 132 valence electrons. The van der Waals surface area contributed by atoms with Gasteiger partial charge in [0.05, 0.1) is 10.6 Å². The lowest BCUT2D eigenvalue weighted by atomic mass is 10.2. The van der Waals surface area contributed by atoms with Gasteiger partial charge in [-0.15, -0.1) is 0 Å². The number of thioether (sulfide) groups is 1. The number of nitrogens with one attached hydrogen (secondary N) is 1. The standard InChI is InChI=1S/C18H12BrClN2O3S/c1-9-12(20)3-2-4-13(9)21-18-22-17(23)16(26-18)6-10-5-14-15(7-11(10)19)25-8-24-14/h2-7H,8H2,1H3,(H,21,22,23). The molecule has 0 radical (unpaired) electrons. The van der Waals surface area contributed by atoms with E-state index in [4.69, 9.17) is 21.1 Å². The third-order valence-corrected chi connectivity index (χ3v) is 5.90. The number of ether oxygens (including phenoxy) is 2. The van der Waals surface area contributed by atoms with E-state index in [0.29, 0.717) is 26.6 Å². The maximum absolute atomic E-state index is 12.3. The van der Waals surface area contributed by atoms with Crippen molar-refractivity contribution in [1.29, 1.82) is 0 Å². The molecule has 2 aromatic carbocycles. The molecule has 1 N–H and O–H groups in total. The molecule has 2 aliphatic rings. The van der Waals surface area contributed by atoms with Crippen molar-refractivity contribution in [3.8, 4) is 11.5 Å². The Hall–Kier alpha value is -1.96. The van der Waals surface area contributed by atoms with Crippen molar-refractivity contribution >= 4 is 62.1 Å². The fourth-order valence-electron chi connectivity index (χ4n) is 2.49. The summed E-state index contributed by atoms with van der Waals surface area (Å²) in [5.41, 5.74) is 2.42. The van der Waals surface area contributed by atoms with Crippen LogP contribution in [-0.2, 0) is 4.79 Å². The van der Waals surface area contributed by atoms with Crippen LogP contribution in [0.2, 0.25) is 5.02 Å². The minimum atomic E-state index is -0.196. The van der Waals surface area contributed by atoms with Crippen LogP contribution < -0.4 is 14.8 Å². The minimum Gasteiger partial charge on any atom is -0.454 e. The van der Waals surface area contributed by atoms with Crippen LogP contribution >= 0.6 is 39.3 Å². The fourth-order valence-corrected chi connectivity index (χ4v) is 3.92. The summed E-state index contributed by atoms with van der Waals surface area (Å²) >= 11 is 10.9. The molecular formula is C18H12BrClN2O3S. The summed E-state index contributed by atoms with van der Waals surface area (Å²) in [4.78, 5) is 17.3. The Labute approximate surface area is 167 Å². The highest BCUT2D eigenvalue weighted by molar-refractivity contribution is 9.10. The average molecular weight is 452 g/mol. The van der Waals surface area contributed by atoms with E-state index in [2.05, 4.69) is 26.2 Å².